The molecule has 3 amide bonds. The number of aromatic nitrogens is 1. The number of carboxylic acid groups (broad SMARTS) is 1. The lowest BCUT2D eigenvalue weighted by Crippen LogP contribution is -2.57. The molecule has 0 aliphatic carbocycles. The van der Waals surface area contributed by atoms with E-state index in [1.807, 2.05) is 60.9 Å². The van der Waals surface area contributed by atoms with Crippen LogP contribution in [0.15, 0.2) is 65.8 Å². The average molecular weight is 639 g/mol. The summed E-state index contributed by atoms with van der Waals surface area (Å²) in [6.07, 6.45) is 4.61. The van der Waals surface area contributed by atoms with E-state index in [1.165, 1.54) is 11.8 Å². The molecule has 11 N–H and O–H groups in total. The van der Waals surface area contributed by atoms with Gasteiger partial charge in [-0.1, -0.05) is 48.5 Å². The fourth-order valence-corrected chi connectivity index (χ4v) is 5.25. The van der Waals surface area contributed by atoms with E-state index < -0.39 is 47.9 Å². The van der Waals surface area contributed by atoms with Crippen LogP contribution in [0.25, 0.3) is 10.9 Å². The summed E-state index contributed by atoms with van der Waals surface area (Å²) in [6.45, 7) is 0.195. The van der Waals surface area contributed by atoms with Crippen molar-refractivity contribution in [1.82, 2.24) is 20.9 Å². The largest absolute Gasteiger partial charge is 0.480 e. The van der Waals surface area contributed by atoms with Gasteiger partial charge in [0.05, 0.1) is 6.04 Å². The Kier molecular flexibility index (Phi) is 13.7. The highest BCUT2D eigenvalue weighted by Gasteiger charge is 2.30. The van der Waals surface area contributed by atoms with Crippen LogP contribution in [-0.4, -0.2) is 82.5 Å². The van der Waals surface area contributed by atoms with Crippen LogP contribution in [0.5, 0.6) is 0 Å². The Morgan fingerprint density at radius 2 is 1.49 bits per heavy atom. The van der Waals surface area contributed by atoms with Gasteiger partial charge in [-0.2, -0.15) is 11.8 Å². The van der Waals surface area contributed by atoms with Crippen LogP contribution in [0.4, 0.5) is 0 Å². The lowest BCUT2D eigenvalue weighted by molar-refractivity contribution is -0.142. The van der Waals surface area contributed by atoms with Crippen molar-refractivity contribution in [3.8, 4) is 0 Å². The molecule has 45 heavy (non-hydrogen) atoms. The molecule has 2 aromatic carbocycles. The monoisotopic (exact) mass is 638 g/mol. The summed E-state index contributed by atoms with van der Waals surface area (Å²) in [5.74, 6) is -2.56. The smallest absolute Gasteiger partial charge is 0.326 e. The number of hydrogen-bond donors (Lipinski definition) is 8. The third kappa shape index (κ3) is 11.1. The number of H-pyrrole nitrogens is 1. The lowest BCUT2D eigenvalue weighted by atomic mass is 10.0. The summed E-state index contributed by atoms with van der Waals surface area (Å²) in [5, 5.41) is 18.8. The fourth-order valence-electron chi connectivity index (χ4n) is 4.78. The first kappa shape index (κ1) is 34.9. The number of guanidine groups is 1. The molecule has 4 atom stereocenters. The molecule has 0 aliphatic rings. The predicted octanol–water partition coefficient (Wildman–Crippen LogP) is 0.626. The van der Waals surface area contributed by atoms with Crippen LogP contribution < -0.4 is 33.2 Å². The number of rotatable bonds is 18. The van der Waals surface area contributed by atoms with Gasteiger partial charge in [-0.3, -0.25) is 19.4 Å². The van der Waals surface area contributed by atoms with Gasteiger partial charge in [-0.25, -0.2) is 4.79 Å². The number of thioether (sulfide) groups is 1. The molecule has 0 radical (unpaired) electrons. The zero-order chi connectivity index (χ0) is 32.8. The fraction of sp³-hybridized carbons (Fsp3) is 0.387. The van der Waals surface area contributed by atoms with Crippen LogP contribution >= 0.6 is 11.8 Å². The minimum atomic E-state index is -1.27. The number of carboxylic acids is 1. The van der Waals surface area contributed by atoms with Crippen molar-refractivity contribution in [3.63, 3.8) is 0 Å². The van der Waals surface area contributed by atoms with Gasteiger partial charge >= 0.3 is 5.97 Å². The Labute approximate surface area is 266 Å². The number of nitrogens with one attached hydrogen (secondary N) is 4. The average Bonchev–Trinajstić information content (AvgIpc) is 3.43. The number of amides is 3. The highest BCUT2D eigenvalue weighted by atomic mass is 32.2. The second-order valence-corrected chi connectivity index (χ2v) is 11.6. The van der Waals surface area contributed by atoms with Gasteiger partial charge < -0.3 is 43.2 Å². The molecule has 14 heteroatoms. The number of fused-ring (bicyclic) bond motifs is 1. The Hall–Kier alpha value is -4.56. The molecule has 0 fully saturated rings. The van der Waals surface area contributed by atoms with Crippen molar-refractivity contribution in [2.24, 2.45) is 22.2 Å². The standard InChI is InChI=1S/C31H42N8O5S/c1-45-15-13-25(37-27(40)22(32)16-19-8-3-2-4-9-19)29(42)38-24(12-7-14-35-31(33)34)28(41)39-26(30(43)44)17-20-18-36-23-11-6-5-10-21(20)23/h2-6,8-11,18,22,24-26,36H,7,12-17,32H2,1H3,(H,37,40)(H,38,42)(H,39,41)(H,43,44)(H4,33,34,35). The molecule has 1 aromatic heterocycles. The van der Waals surface area contributed by atoms with Crippen molar-refractivity contribution in [2.75, 3.05) is 18.6 Å². The van der Waals surface area contributed by atoms with Gasteiger partial charge in [0.15, 0.2) is 5.96 Å². The maximum absolute atomic E-state index is 13.5. The van der Waals surface area contributed by atoms with Crippen LogP contribution in [0.3, 0.4) is 0 Å². The molecular weight excluding hydrogens is 596 g/mol. The number of para-hydroxylation sites is 1. The highest BCUT2D eigenvalue weighted by Crippen LogP contribution is 2.19. The van der Waals surface area contributed by atoms with Gasteiger partial charge in [0.25, 0.3) is 0 Å². The molecule has 0 spiro atoms. The van der Waals surface area contributed by atoms with Crippen molar-refractivity contribution in [3.05, 3.63) is 71.9 Å². The summed E-state index contributed by atoms with van der Waals surface area (Å²) in [5.41, 5.74) is 19.4. The Morgan fingerprint density at radius 3 is 2.16 bits per heavy atom. The molecule has 13 nitrogen and oxygen atoms in total. The molecule has 4 unspecified atom stereocenters. The van der Waals surface area contributed by atoms with Crippen LogP contribution in [0, 0.1) is 0 Å². The first-order valence-corrected chi connectivity index (χ1v) is 16.0. The molecule has 0 aliphatic heterocycles. The van der Waals surface area contributed by atoms with E-state index in [-0.39, 0.29) is 38.2 Å². The summed E-state index contributed by atoms with van der Waals surface area (Å²) in [7, 11) is 0. The van der Waals surface area contributed by atoms with Gasteiger partial charge in [-0.05, 0) is 54.9 Å². The zero-order valence-corrected chi connectivity index (χ0v) is 26.0. The Morgan fingerprint density at radius 1 is 0.867 bits per heavy atom. The van der Waals surface area contributed by atoms with Gasteiger partial charge in [0.1, 0.15) is 18.1 Å². The molecule has 242 valence electrons. The quantitative estimate of drug-likeness (QED) is 0.0554. The summed E-state index contributed by atoms with van der Waals surface area (Å²) < 4.78 is 0. The first-order valence-electron chi connectivity index (χ1n) is 14.6. The van der Waals surface area contributed by atoms with Crippen LogP contribution in [0.1, 0.15) is 30.4 Å². The van der Waals surface area contributed by atoms with Crippen LogP contribution in [-0.2, 0) is 32.0 Å². The SMILES string of the molecule is CSCCC(NC(=O)C(N)Cc1ccccc1)C(=O)NC(CCCN=C(N)N)C(=O)NC(Cc1c[nH]c2ccccc12)C(=O)O. The number of aromatic amines is 1. The van der Waals surface area contributed by atoms with E-state index >= 15 is 0 Å². The third-order valence-electron chi connectivity index (χ3n) is 7.17. The van der Waals surface area contributed by atoms with Gasteiger partial charge in [-0.15, -0.1) is 0 Å². The van der Waals surface area contributed by atoms with E-state index in [1.54, 1.807) is 6.20 Å². The maximum atomic E-state index is 13.5. The van der Waals surface area contributed by atoms with E-state index in [0.717, 1.165) is 22.0 Å². The summed E-state index contributed by atoms with van der Waals surface area (Å²) in [4.78, 5) is 59.2. The molecule has 0 bridgehead atoms. The Bertz CT molecular complexity index is 1460. The topological polar surface area (TPSA) is 231 Å². The minimum Gasteiger partial charge on any atom is -0.480 e. The van der Waals surface area contributed by atoms with Crippen LogP contribution in [0.2, 0.25) is 0 Å². The number of nitrogens with two attached hydrogens (primary N) is 3. The maximum Gasteiger partial charge on any atom is 0.326 e. The zero-order valence-electron chi connectivity index (χ0n) is 25.2. The van der Waals surface area contributed by atoms with Gasteiger partial charge in [0, 0.05) is 30.1 Å². The second kappa shape index (κ2) is 17.7. The number of hydrogen-bond acceptors (Lipinski definition) is 7. The van der Waals surface area contributed by atoms with E-state index in [4.69, 9.17) is 17.2 Å². The van der Waals surface area contributed by atoms with Crippen molar-refractivity contribution in [2.45, 2.75) is 56.3 Å². The summed E-state index contributed by atoms with van der Waals surface area (Å²) in [6, 6.07) is 12.5. The van der Waals surface area contributed by atoms with Crippen molar-refractivity contribution >= 4 is 52.3 Å². The molecule has 1 heterocycles. The number of carbonyl (C=O) groups is 4. The minimum absolute atomic E-state index is 0.0193. The predicted molar refractivity (Wildman–Crippen MR) is 176 cm³/mol. The van der Waals surface area contributed by atoms with Gasteiger partial charge in [0.2, 0.25) is 17.7 Å². The lowest BCUT2D eigenvalue weighted by Gasteiger charge is -2.25. The number of aliphatic carboxylic acids is 1. The van der Waals surface area contributed by atoms with Crippen molar-refractivity contribution in [1.29, 1.82) is 0 Å². The molecule has 0 saturated heterocycles. The number of nitrogens with zero attached hydrogens (tertiary/aromatic N) is 1. The number of carbonyl (C=O) groups excluding carboxylic acids is 3. The highest BCUT2D eigenvalue weighted by molar-refractivity contribution is 7.98. The molecule has 0 saturated carbocycles. The number of aliphatic imine (C=N–C) groups is 1. The van der Waals surface area contributed by atoms with E-state index in [0.29, 0.717) is 12.2 Å². The Balaban J connectivity index is 1.73. The third-order valence-corrected chi connectivity index (χ3v) is 7.81. The summed E-state index contributed by atoms with van der Waals surface area (Å²) >= 11 is 1.50. The molecule has 3 rings (SSSR count). The number of benzene rings is 2. The van der Waals surface area contributed by atoms with E-state index in [2.05, 4.69) is 25.9 Å². The molecule has 3 aromatic rings. The van der Waals surface area contributed by atoms with E-state index in [9.17, 15) is 24.3 Å². The first-order chi connectivity index (χ1) is 21.6. The van der Waals surface area contributed by atoms with Crippen molar-refractivity contribution < 1.29 is 24.3 Å². The second-order valence-electron chi connectivity index (χ2n) is 10.6. The molecular formula is C31H42N8O5S. The normalized spacial score (nSPS) is 13.6.